The summed E-state index contributed by atoms with van der Waals surface area (Å²) >= 11 is 1.77. The fourth-order valence-electron chi connectivity index (χ4n) is 0.525. The van der Waals surface area contributed by atoms with Crippen LogP contribution in [-0.4, -0.2) is 22.7 Å². The van der Waals surface area contributed by atoms with Crippen LogP contribution in [0.1, 0.15) is 0 Å². The maximum Gasteiger partial charge on any atom is 0.0811 e. The van der Waals surface area contributed by atoms with Crippen LogP contribution in [0.3, 0.4) is 0 Å². The molecule has 1 unspecified atom stereocenters. The van der Waals surface area contributed by atoms with E-state index >= 15 is 0 Å². The van der Waals surface area contributed by atoms with Gasteiger partial charge in [-0.3, -0.25) is 0 Å². The first kappa shape index (κ1) is 5.19. The average molecular weight is 116 g/mol. The van der Waals surface area contributed by atoms with Crippen molar-refractivity contribution < 1.29 is 5.11 Å². The second kappa shape index (κ2) is 2.38. The highest BCUT2D eigenvalue weighted by atomic mass is 32.2. The summed E-state index contributed by atoms with van der Waals surface area (Å²) in [5.74, 6) is 1.94. The van der Waals surface area contributed by atoms with E-state index in [0.717, 1.165) is 11.5 Å². The lowest BCUT2D eigenvalue weighted by Gasteiger charge is -2.07. The number of rotatable bonds is 0. The van der Waals surface area contributed by atoms with Gasteiger partial charge in [0.25, 0.3) is 0 Å². The Balaban J connectivity index is 2.36. The van der Waals surface area contributed by atoms with E-state index in [9.17, 15) is 0 Å². The zero-order valence-electron chi connectivity index (χ0n) is 4.00. The highest BCUT2D eigenvalue weighted by Crippen LogP contribution is 2.09. The molecule has 0 amide bonds. The molecule has 0 radical (unpaired) electrons. The summed E-state index contributed by atoms with van der Waals surface area (Å²) in [5, 5.41) is 8.80. The van der Waals surface area contributed by atoms with Gasteiger partial charge in [-0.25, -0.2) is 0 Å². The number of aliphatic hydroxyl groups excluding tert-OH is 1. The molecule has 1 aliphatic heterocycles. The van der Waals surface area contributed by atoms with Gasteiger partial charge >= 0.3 is 0 Å². The van der Waals surface area contributed by atoms with Crippen LogP contribution >= 0.6 is 11.8 Å². The highest BCUT2D eigenvalue weighted by Gasteiger charge is 2.00. The number of aliphatic hydroxyl groups is 1. The van der Waals surface area contributed by atoms with Crippen molar-refractivity contribution in [2.75, 3.05) is 11.5 Å². The predicted molar refractivity (Wildman–Crippen MR) is 32.5 cm³/mol. The zero-order valence-corrected chi connectivity index (χ0v) is 4.82. The Bertz CT molecular complexity index is 80.1. The van der Waals surface area contributed by atoms with Gasteiger partial charge in [0.05, 0.1) is 6.10 Å². The van der Waals surface area contributed by atoms with E-state index in [-0.39, 0.29) is 6.10 Å². The molecule has 40 valence electrons. The molecule has 2 heteroatoms. The van der Waals surface area contributed by atoms with Crippen molar-refractivity contribution in [1.82, 2.24) is 0 Å². The number of hydrogen-bond acceptors (Lipinski definition) is 2. The molecule has 1 atom stereocenters. The lowest BCUT2D eigenvalue weighted by Crippen LogP contribution is -2.08. The topological polar surface area (TPSA) is 20.2 Å². The molecule has 0 fully saturated rings. The SMILES string of the molecule is OC1C=CCSC1. The third-order valence-corrected chi connectivity index (χ3v) is 1.87. The Morgan fingerprint density at radius 3 is 2.86 bits per heavy atom. The maximum atomic E-state index is 8.80. The Morgan fingerprint density at radius 2 is 2.57 bits per heavy atom. The van der Waals surface area contributed by atoms with Gasteiger partial charge in [0.2, 0.25) is 0 Å². The quantitative estimate of drug-likeness (QED) is 0.469. The summed E-state index contributed by atoms with van der Waals surface area (Å²) in [6.07, 6.45) is 3.66. The van der Waals surface area contributed by atoms with E-state index in [0.29, 0.717) is 0 Å². The second-order valence-electron chi connectivity index (χ2n) is 1.53. The summed E-state index contributed by atoms with van der Waals surface area (Å²) in [7, 11) is 0. The molecule has 0 aliphatic carbocycles. The van der Waals surface area contributed by atoms with Crippen LogP contribution in [0, 0.1) is 0 Å². The number of hydrogen-bond donors (Lipinski definition) is 1. The molecule has 0 bridgehead atoms. The smallest absolute Gasteiger partial charge is 0.0811 e. The Morgan fingerprint density at radius 1 is 1.71 bits per heavy atom. The molecule has 0 aromatic heterocycles. The minimum absolute atomic E-state index is 0.182. The number of thioether (sulfide) groups is 1. The molecule has 1 N–H and O–H groups in total. The first-order chi connectivity index (χ1) is 3.39. The van der Waals surface area contributed by atoms with Crippen molar-refractivity contribution in [3.8, 4) is 0 Å². The zero-order chi connectivity index (χ0) is 5.11. The van der Waals surface area contributed by atoms with Crippen molar-refractivity contribution >= 4 is 11.8 Å². The molecule has 0 aromatic carbocycles. The normalized spacial score (nSPS) is 30.7. The Kier molecular flexibility index (Phi) is 1.77. The summed E-state index contributed by atoms with van der Waals surface area (Å²) < 4.78 is 0. The first-order valence-electron chi connectivity index (χ1n) is 2.32. The van der Waals surface area contributed by atoms with Crippen LogP contribution in [0.5, 0.6) is 0 Å². The van der Waals surface area contributed by atoms with E-state index in [1.807, 2.05) is 12.2 Å². The van der Waals surface area contributed by atoms with Crippen LogP contribution < -0.4 is 0 Å². The van der Waals surface area contributed by atoms with Crippen LogP contribution in [0.15, 0.2) is 12.2 Å². The molecule has 1 aliphatic rings. The van der Waals surface area contributed by atoms with Crippen LogP contribution in [0.4, 0.5) is 0 Å². The van der Waals surface area contributed by atoms with Crippen molar-refractivity contribution in [2.24, 2.45) is 0 Å². The Labute approximate surface area is 47.4 Å². The van der Waals surface area contributed by atoms with Gasteiger partial charge in [-0.2, -0.15) is 11.8 Å². The second-order valence-corrected chi connectivity index (χ2v) is 2.61. The molecule has 0 aromatic rings. The van der Waals surface area contributed by atoms with Crippen LogP contribution in [0.2, 0.25) is 0 Å². The molecule has 1 heterocycles. The summed E-state index contributed by atoms with van der Waals surface area (Å²) in [6, 6.07) is 0. The van der Waals surface area contributed by atoms with Gasteiger partial charge in [0.15, 0.2) is 0 Å². The van der Waals surface area contributed by atoms with Gasteiger partial charge in [-0.1, -0.05) is 12.2 Å². The van der Waals surface area contributed by atoms with Crippen LogP contribution in [-0.2, 0) is 0 Å². The Hall–Kier alpha value is 0.0500. The van der Waals surface area contributed by atoms with Crippen molar-refractivity contribution in [2.45, 2.75) is 6.10 Å². The lowest BCUT2D eigenvalue weighted by atomic mass is 10.3. The van der Waals surface area contributed by atoms with E-state index < -0.39 is 0 Å². The van der Waals surface area contributed by atoms with Crippen molar-refractivity contribution in [3.63, 3.8) is 0 Å². The summed E-state index contributed by atoms with van der Waals surface area (Å²) in [6.45, 7) is 0. The van der Waals surface area contributed by atoms with Gasteiger partial charge in [0, 0.05) is 11.5 Å². The van der Waals surface area contributed by atoms with Crippen LogP contribution in [0.25, 0.3) is 0 Å². The van der Waals surface area contributed by atoms with Gasteiger partial charge in [-0.15, -0.1) is 0 Å². The van der Waals surface area contributed by atoms with Crippen molar-refractivity contribution in [3.05, 3.63) is 12.2 Å². The van der Waals surface area contributed by atoms with Crippen molar-refractivity contribution in [1.29, 1.82) is 0 Å². The molecule has 7 heavy (non-hydrogen) atoms. The largest absolute Gasteiger partial charge is 0.388 e. The molecule has 1 rings (SSSR count). The first-order valence-corrected chi connectivity index (χ1v) is 3.47. The minimum atomic E-state index is -0.182. The van der Waals surface area contributed by atoms with E-state index in [1.165, 1.54) is 0 Å². The maximum absolute atomic E-state index is 8.80. The summed E-state index contributed by atoms with van der Waals surface area (Å²) in [5.41, 5.74) is 0. The molecular weight excluding hydrogens is 108 g/mol. The third kappa shape index (κ3) is 1.53. The standard InChI is InChI=1S/C5H8OS/c6-5-2-1-3-7-4-5/h1-2,5-6H,3-4H2. The highest BCUT2D eigenvalue weighted by molar-refractivity contribution is 7.99. The predicted octanol–water partition coefficient (Wildman–Crippen LogP) is 0.650. The van der Waals surface area contributed by atoms with Gasteiger partial charge < -0.3 is 5.11 Å². The van der Waals surface area contributed by atoms with Gasteiger partial charge in [-0.05, 0) is 0 Å². The average Bonchev–Trinajstić information content (AvgIpc) is 1.69. The van der Waals surface area contributed by atoms with E-state index in [1.54, 1.807) is 11.8 Å². The van der Waals surface area contributed by atoms with E-state index in [2.05, 4.69) is 0 Å². The van der Waals surface area contributed by atoms with E-state index in [4.69, 9.17) is 5.11 Å². The lowest BCUT2D eigenvalue weighted by molar-refractivity contribution is 0.247. The molecule has 0 saturated heterocycles. The van der Waals surface area contributed by atoms with Gasteiger partial charge in [0.1, 0.15) is 0 Å². The molecule has 0 saturated carbocycles. The fraction of sp³-hybridized carbons (Fsp3) is 0.600. The fourth-order valence-corrected chi connectivity index (χ4v) is 1.26. The molecule has 1 nitrogen and oxygen atoms in total. The monoisotopic (exact) mass is 116 g/mol. The minimum Gasteiger partial charge on any atom is -0.388 e. The third-order valence-electron chi connectivity index (χ3n) is 0.861. The molecular formula is C5H8OS. The molecule has 0 spiro atoms. The summed E-state index contributed by atoms with van der Waals surface area (Å²) in [4.78, 5) is 0.